The number of para-hydroxylation sites is 2. The van der Waals surface area contributed by atoms with Gasteiger partial charge in [-0.3, -0.25) is 19.9 Å². The zero-order valence-electron chi connectivity index (χ0n) is 14.6. The number of hydrogen-bond acceptors (Lipinski definition) is 5. The highest BCUT2D eigenvalue weighted by Gasteiger charge is 2.38. The summed E-state index contributed by atoms with van der Waals surface area (Å²) in [5.74, 6) is -0.612. The number of carbonyl (C=O) groups excluding carboxylic acids is 1. The summed E-state index contributed by atoms with van der Waals surface area (Å²) in [6.07, 6.45) is 0.886. The van der Waals surface area contributed by atoms with Crippen molar-refractivity contribution in [3.8, 4) is 0 Å². The molecular formula is C20H15FN4O3. The molecule has 140 valence electrons. The van der Waals surface area contributed by atoms with E-state index < -0.39 is 11.1 Å². The summed E-state index contributed by atoms with van der Waals surface area (Å²) in [6.45, 7) is 0.202. The average Bonchev–Trinajstić information content (AvgIpc) is 2.96. The normalized spacial score (nSPS) is 15.4. The largest absolute Gasteiger partial charge is 0.354 e. The summed E-state index contributed by atoms with van der Waals surface area (Å²) in [5, 5.41) is 14.4. The van der Waals surface area contributed by atoms with Gasteiger partial charge >= 0.3 is 0 Å². The van der Waals surface area contributed by atoms with Gasteiger partial charge in [-0.2, -0.15) is 0 Å². The Labute approximate surface area is 159 Å². The zero-order chi connectivity index (χ0) is 19.7. The molecule has 0 saturated carbocycles. The van der Waals surface area contributed by atoms with Crippen LogP contribution in [0.15, 0.2) is 66.9 Å². The highest BCUT2D eigenvalue weighted by Crippen LogP contribution is 2.36. The van der Waals surface area contributed by atoms with E-state index in [9.17, 15) is 19.3 Å². The van der Waals surface area contributed by atoms with Gasteiger partial charge in [-0.25, -0.2) is 4.39 Å². The van der Waals surface area contributed by atoms with Crippen molar-refractivity contribution in [2.75, 3.05) is 5.32 Å². The van der Waals surface area contributed by atoms with Crippen molar-refractivity contribution in [1.82, 2.24) is 9.88 Å². The van der Waals surface area contributed by atoms with Crippen molar-refractivity contribution < 1.29 is 14.1 Å². The lowest BCUT2D eigenvalue weighted by Gasteiger charge is -2.26. The molecule has 2 heterocycles. The zero-order valence-corrected chi connectivity index (χ0v) is 14.6. The Balaban J connectivity index is 1.72. The first-order chi connectivity index (χ1) is 13.5. The quantitative estimate of drug-likeness (QED) is 0.537. The topological polar surface area (TPSA) is 88.4 Å². The number of benzene rings is 2. The highest BCUT2D eigenvalue weighted by molar-refractivity contribution is 5.99. The Morgan fingerprint density at radius 1 is 1.11 bits per heavy atom. The van der Waals surface area contributed by atoms with Crippen LogP contribution < -0.4 is 5.32 Å². The van der Waals surface area contributed by atoms with Gasteiger partial charge in [0.05, 0.1) is 16.2 Å². The minimum atomic E-state index is -0.685. The molecule has 1 N–H and O–H groups in total. The number of nitro groups is 1. The second-order valence-electron chi connectivity index (χ2n) is 6.32. The van der Waals surface area contributed by atoms with Crippen molar-refractivity contribution >= 4 is 17.3 Å². The second-order valence-corrected chi connectivity index (χ2v) is 6.32. The molecule has 1 aliphatic heterocycles. The SMILES string of the molecule is O=C1c2cccnc2[C@@H](Nc2ccccc2[N+](=O)[O-])N1Cc1ccc(F)cc1. The number of amides is 1. The van der Waals surface area contributed by atoms with E-state index in [2.05, 4.69) is 10.3 Å². The predicted molar refractivity (Wildman–Crippen MR) is 100.0 cm³/mol. The van der Waals surface area contributed by atoms with Gasteiger partial charge < -0.3 is 10.2 Å². The van der Waals surface area contributed by atoms with Gasteiger partial charge in [0.15, 0.2) is 0 Å². The minimum absolute atomic E-state index is 0.0962. The maximum atomic E-state index is 13.2. The number of rotatable bonds is 5. The first-order valence-corrected chi connectivity index (χ1v) is 8.55. The van der Waals surface area contributed by atoms with Crippen LogP contribution >= 0.6 is 0 Å². The van der Waals surface area contributed by atoms with Crippen LogP contribution in [0.3, 0.4) is 0 Å². The number of anilines is 1. The summed E-state index contributed by atoms with van der Waals surface area (Å²) < 4.78 is 13.2. The number of hydrogen-bond donors (Lipinski definition) is 1. The number of nitro benzene ring substituents is 1. The fourth-order valence-electron chi connectivity index (χ4n) is 3.23. The maximum Gasteiger partial charge on any atom is 0.292 e. The minimum Gasteiger partial charge on any atom is -0.354 e. The summed E-state index contributed by atoms with van der Waals surface area (Å²) in [6, 6.07) is 15.4. The average molecular weight is 378 g/mol. The molecule has 2 aromatic carbocycles. The Bertz CT molecular complexity index is 1060. The molecule has 28 heavy (non-hydrogen) atoms. The summed E-state index contributed by atoms with van der Waals surface area (Å²) >= 11 is 0. The van der Waals surface area contributed by atoms with E-state index >= 15 is 0 Å². The van der Waals surface area contributed by atoms with Crippen molar-refractivity contribution in [3.63, 3.8) is 0 Å². The van der Waals surface area contributed by atoms with E-state index in [1.54, 1.807) is 48.7 Å². The van der Waals surface area contributed by atoms with Crippen molar-refractivity contribution in [1.29, 1.82) is 0 Å². The molecule has 0 radical (unpaired) electrons. The smallest absolute Gasteiger partial charge is 0.292 e. The molecule has 0 saturated heterocycles. The molecular weight excluding hydrogens is 363 g/mol. The van der Waals surface area contributed by atoms with Crippen molar-refractivity contribution in [2.45, 2.75) is 12.7 Å². The van der Waals surface area contributed by atoms with Gasteiger partial charge in [-0.05, 0) is 35.9 Å². The molecule has 1 atom stereocenters. The summed E-state index contributed by atoms with van der Waals surface area (Å²) in [5.41, 5.74) is 1.85. The lowest BCUT2D eigenvalue weighted by molar-refractivity contribution is -0.384. The van der Waals surface area contributed by atoms with Crippen molar-refractivity contribution in [3.05, 3.63) is 99.6 Å². The van der Waals surface area contributed by atoms with Crippen LogP contribution in [0.5, 0.6) is 0 Å². The molecule has 1 aromatic heterocycles. The Morgan fingerprint density at radius 3 is 2.61 bits per heavy atom. The first-order valence-electron chi connectivity index (χ1n) is 8.55. The second kappa shape index (κ2) is 7.07. The van der Waals surface area contributed by atoms with E-state index in [1.807, 2.05) is 0 Å². The van der Waals surface area contributed by atoms with Crippen LogP contribution in [-0.4, -0.2) is 20.7 Å². The summed E-state index contributed by atoms with van der Waals surface area (Å²) in [7, 11) is 0. The van der Waals surface area contributed by atoms with Gasteiger partial charge in [0.2, 0.25) is 0 Å². The predicted octanol–water partition coefficient (Wildman–Crippen LogP) is 3.90. The van der Waals surface area contributed by atoms with E-state index in [0.29, 0.717) is 11.3 Å². The molecule has 4 rings (SSSR count). The molecule has 3 aromatic rings. The molecule has 0 aliphatic carbocycles. The maximum absolute atomic E-state index is 13.2. The van der Waals surface area contributed by atoms with E-state index in [0.717, 1.165) is 5.56 Å². The van der Waals surface area contributed by atoms with Crippen LogP contribution in [-0.2, 0) is 6.54 Å². The Hall–Kier alpha value is -3.81. The number of carbonyl (C=O) groups is 1. The Morgan fingerprint density at radius 2 is 1.86 bits per heavy atom. The molecule has 8 heteroatoms. The molecule has 0 bridgehead atoms. The lowest BCUT2D eigenvalue weighted by Crippen LogP contribution is -2.32. The van der Waals surface area contributed by atoms with Crippen LogP contribution in [0.25, 0.3) is 0 Å². The fourth-order valence-corrected chi connectivity index (χ4v) is 3.23. The number of pyridine rings is 1. The van der Waals surface area contributed by atoms with Crippen LogP contribution in [0.4, 0.5) is 15.8 Å². The van der Waals surface area contributed by atoms with Crippen LogP contribution in [0.1, 0.15) is 27.8 Å². The molecule has 1 amide bonds. The Kier molecular flexibility index (Phi) is 4.44. The number of nitrogens with zero attached hydrogens (tertiary/aromatic N) is 3. The summed E-state index contributed by atoms with van der Waals surface area (Å²) in [4.78, 5) is 29.6. The van der Waals surface area contributed by atoms with Gasteiger partial charge in [0.25, 0.3) is 11.6 Å². The fraction of sp³-hybridized carbons (Fsp3) is 0.100. The number of aromatic nitrogens is 1. The van der Waals surface area contributed by atoms with Gasteiger partial charge in [-0.1, -0.05) is 24.3 Å². The standard InChI is InChI=1S/C20H15FN4O3/c21-14-9-7-13(8-10-14)12-24-19(18-15(20(24)26)4-3-11-22-18)23-16-5-1-2-6-17(16)25(27)28/h1-11,19,23H,12H2/t19-/m0/s1. The number of nitrogens with one attached hydrogen (secondary N) is 1. The number of halogens is 1. The van der Waals surface area contributed by atoms with Crippen LogP contribution in [0, 0.1) is 15.9 Å². The molecule has 7 nitrogen and oxygen atoms in total. The third-order valence-electron chi connectivity index (χ3n) is 4.56. The van der Waals surface area contributed by atoms with Gasteiger partial charge in [-0.15, -0.1) is 0 Å². The van der Waals surface area contributed by atoms with Gasteiger partial charge in [0.1, 0.15) is 17.7 Å². The molecule has 1 aliphatic rings. The molecule has 0 unspecified atom stereocenters. The highest BCUT2D eigenvalue weighted by atomic mass is 19.1. The van der Waals surface area contributed by atoms with Gasteiger partial charge in [0, 0.05) is 18.8 Å². The van der Waals surface area contributed by atoms with Crippen molar-refractivity contribution in [2.24, 2.45) is 0 Å². The number of fused-ring (bicyclic) bond motifs is 1. The molecule has 0 fully saturated rings. The van der Waals surface area contributed by atoms with Crippen LogP contribution in [0.2, 0.25) is 0 Å². The van der Waals surface area contributed by atoms with E-state index in [4.69, 9.17) is 0 Å². The third-order valence-corrected chi connectivity index (χ3v) is 4.56. The van der Waals surface area contributed by atoms with E-state index in [-0.39, 0.29) is 29.6 Å². The monoisotopic (exact) mass is 378 g/mol. The molecule has 0 spiro atoms. The first kappa shape index (κ1) is 17.6. The lowest BCUT2D eigenvalue weighted by atomic mass is 10.2. The van der Waals surface area contributed by atoms with E-state index in [1.165, 1.54) is 23.1 Å². The third kappa shape index (κ3) is 3.16.